The lowest BCUT2D eigenvalue weighted by atomic mass is 10.2. The first kappa shape index (κ1) is 16.0. The van der Waals surface area contributed by atoms with Gasteiger partial charge < -0.3 is 10.4 Å². The Balaban J connectivity index is 2.29. The molecule has 1 rings (SSSR count). The van der Waals surface area contributed by atoms with Crippen LogP contribution in [0.1, 0.15) is 36.0 Å². The van der Waals surface area contributed by atoms with Gasteiger partial charge in [0.25, 0.3) is 5.91 Å². The Hall–Kier alpha value is -1.07. The van der Waals surface area contributed by atoms with Crippen LogP contribution in [0.2, 0.25) is 5.02 Å². The van der Waals surface area contributed by atoms with E-state index in [1.54, 1.807) is 18.2 Å². The van der Waals surface area contributed by atoms with Crippen molar-refractivity contribution in [1.29, 1.82) is 0 Å². The normalized spacial score (nSPS) is 10.2. The third-order valence-electron chi connectivity index (χ3n) is 2.53. The first-order valence-electron chi connectivity index (χ1n) is 5.95. The van der Waals surface area contributed by atoms with E-state index in [2.05, 4.69) is 21.2 Å². The molecule has 1 aromatic rings. The summed E-state index contributed by atoms with van der Waals surface area (Å²) in [4.78, 5) is 22.1. The monoisotopic (exact) mass is 347 g/mol. The van der Waals surface area contributed by atoms with Crippen molar-refractivity contribution in [1.82, 2.24) is 5.32 Å². The smallest absolute Gasteiger partial charge is 0.303 e. The van der Waals surface area contributed by atoms with Gasteiger partial charge in [-0.3, -0.25) is 9.59 Å². The number of aliphatic carboxylic acids is 1. The predicted octanol–water partition coefficient (Wildman–Crippen LogP) is 3.48. The van der Waals surface area contributed by atoms with E-state index >= 15 is 0 Å². The van der Waals surface area contributed by atoms with Crippen molar-refractivity contribution in [2.24, 2.45) is 0 Å². The van der Waals surface area contributed by atoms with Gasteiger partial charge >= 0.3 is 5.97 Å². The van der Waals surface area contributed by atoms with Crippen LogP contribution in [0, 0.1) is 0 Å². The van der Waals surface area contributed by atoms with Gasteiger partial charge in [0.1, 0.15) is 0 Å². The number of benzene rings is 1. The van der Waals surface area contributed by atoms with Crippen LogP contribution in [0.5, 0.6) is 0 Å². The highest BCUT2D eigenvalue weighted by molar-refractivity contribution is 9.10. The van der Waals surface area contributed by atoms with Crippen LogP contribution < -0.4 is 5.32 Å². The first-order valence-corrected chi connectivity index (χ1v) is 7.13. The minimum absolute atomic E-state index is 0.173. The highest BCUT2D eigenvalue weighted by Crippen LogP contribution is 2.21. The second-order valence-corrected chi connectivity index (χ2v) is 5.41. The van der Waals surface area contributed by atoms with E-state index in [0.717, 1.165) is 17.3 Å². The molecule has 104 valence electrons. The average molecular weight is 349 g/mol. The molecule has 1 amide bonds. The molecule has 0 unspecified atom stereocenters. The zero-order valence-electron chi connectivity index (χ0n) is 10.3. The number of carbonyl (C=O) groups is 2. The third-order valence-corrected chi connectivity index (χ3v) is 3.33. The van der Waals surface area contributed by atoms with Crippen LogP contribution in [-0.2, 0) is 4.79 Å². The third kappa shape index (κ3) is 6.07. The molecule has 0 fully saturated rings. The molecule has 0 bridgehead atoms. The van der Waals surface area contributed by atoms with Crippen LogP contribution in [0.3, 0.4) is 0 Å². The molecule has 0 aliphatic rings. The summed E-state index contributed by atoms with van der Waals surface area (Å²) in [5.41, 5.74) is 0.440. The van der Waals surface area contributed by atoms with Crippen molar-refractivity contribution in [3.63, 3.8) is 0 Å². The molecule has 0 saturated heterocycles. The quantitative estimate of drug-likeness (QED) is 0.741. The van der Waals surface area contributed by atoms with Crippen molar-refractivity contribution in [3.05, 3.63) is 33.3 Å². The summed E-state index contributed by atoms with van der Waals surface area (Å²) in [5.74, 6) is -0.999. The molecule has 0 saturated carbocycles. The Morgan fingerprint density at radius 2 is 2.00 bits per heavy atom. The van der Waals surface area contributed by atoms with Crippen LogP contribution in [0.25, 0.3) is 0 Å². The topological polar surface area (TPSA) is 66.4 Å². The molecule has 0 aliphatic carbocycles. The fourth-order valence-corrected chi connectivity index (χ4v) is 2.31. The number of halogens is 2. The molecule has 0 heterocycles. The minimum atomic E-state index is -0.786. The number of unbranched alkanes of at least 4 members (excludes halogenated alkanes) is 2. The number of hydrogen-bond donors (Lipinski definition) is 2. The van der Waals surface area contributed by atoms with Crippen LogP contribution >= 0.6 is 27.5 Å². The number of carboxylic acids is 1. The Labute approximate surface area is 125 Å². The van der Waals surface area contributed by atoms with E-state index in [1.807, 2.05) is 0 Å². The van der Waals surface area contributed by atoms with Gasteiger partial charge in [-0.15, -0.1) is 0 Å². The van der Waals surface area contributed by atoms with E-state index in [1.165, 1.54) is 0 Å². The van der Waals surface area contributed by atoms with Crippen molar-refractivity contribution in [2.75, 3.05) is 6.54 Å². The largest absolute Gasteiger partial charge is 0.481 e. The number of amides is 1. The van der Waals surface area contributed by atoms with E-state index < -0.39 is 5.97 Å². The number of rotatable bonds is 7. The first-order chi connectivity index (χ1) is 9.00. The average Bonchev–Trinajstić information content (AvgIpc) is 2.32. The highest BCUT2D eigenvalue weighted by Gasteiger charge is 2.09. The second kappa shape index (κ2) is 8.17. The van der Waals surface area contributed by atoms with Gasteiger partial charge in [-0.05, 0) is 31.0 Å². The van der Waals surface area contributed by atoms with Gasteiger partial charge in [0.05, 0.1) is 10.6 Å². The van der Waals surface area contributed by atoms with Gasteiger partial charge in [0.2, 0.25) is 0 Å². The molecule has 19 heavy (non-hydrogen) atoms. The fraction of sp³-hybridized carbons (Fsp3) is 0.385. The Bertz CT molecular complexity index is 465. The summed E-state index contributed by atoms with van der Waals surface area (Å²) in [5, 5.41) is 11.6. The standard InChI is InChI=1S/C13H15BrClNO3/c14-9-5-6-10(11(15)8-9)13(19)16-7-3-1-2-4-12(17)18/h5-6,8H,1-4,7H2,(H,16,19)(H,17,18). The van der Waals surface area contributed by atoms with E-state index in [4.69, 9.17) is 16.7 Å². The lowest BCUT2D eigenvalue weighted by Crippen LogP contribution is -2.24. The van der Waals surface area contributed by atoms with E-state index in [-0.39, 0.29) is 12.3 Å². The molecule has 6 heteroatoms. The number of hydrogen-bond acceptors (Lipinski definition) is 2. The molecule has 0 radical (unpaired) electrons. The molecule has 2 N–H and O–H groups in total. The molecular weight excluding hydrogens is 334 g/mol. The van der Waals surface area contributed by atoms with Crippen molar-refractivity contribution >= 4 is 39.4 Å². The maximum absolute atomic E-state index is 11.8. The molecule has 0 aromatic heterocycles. The fourth-order valence-electron chi connectivity index (χ4n) is 1.55. The van der Waals surface area contributed by atoms with Crippen LogP contribution in [0.4, 0.5) is 0 Å². The molecule has 0 atom stereocenters. The zero-order valence-corrected chi connectivity index (χ0v) is 12.6. The van der Waals surface area contributed by atoms with Gasteiger partial charge in [-0.2, -0.15) is 0 Å². The second-order valence-electron chi connectivity index (χ2n) is 4.08. The number of carbonyl (C=O) groups excluding carboxylic acids is 1. The lowest BCUT2D eigenvalue weighted by molar-refractivity contribution is -0.137. The molecule has 1 aromatic carbocycles. The highest BCUT2D eigenvalue weighted by atomic mass is 79.9. The summed E-state index contributed by atoms with van der Waals surface area (Å²) in [6, 6.07) is 5.09. The Morgan fingerprint density at radius 1 is 1.26 bits per heavy atom. The summed E-state index contributed by atoms with van der Waals surface area (Å²) < 4.78 is 0.822. The van der Waals surface area contributed by atoms with Crippen molar-refractivity contribution in [2.45, 2.75) is 25.7 Å². The molecule has 0 spiro atoms. The SMILES string of the molecule is O=C(O)CCCCCNC(=O)c1ccc(Br)cc1Cl. The van der Waals surface area contributed by atoms with Gasteiger partial charge in [0.15, 0.2) is 0 Å². The summed E-state index contributed by atoms with van der Waals surface area (Å²) in [6.07, 6.45) is 2.34. The predicted molar refractivity (Wildman–Crippen MR) is 77.6 cm³/mol. The van der Waals surface area contributed by atoms with Gasteiger partial charge in [-0.25, -0.2) is 0 Å². The van der Waals surface area contributed by atoms with E-state index in [0.29, 0.717) is 23.6 Å². The molecule has 0 aliphatic heterocycles. The molecular formula is C13H15BrClNO3. The lowest BCUT2D eigenvalue weighted by Gasteiger charge is -2.06. The van der Waals surface area contributed by atoms with Crippen molar-refractivity contribution in [3.8, 4) is 0 Å². The van der Waals surface area contributed by atoms with Gasteiger partial charge in [-0.1, -0.05) is 34.0 Å². The summed E-state index contributed by atoms with van der Waals surface area (Å²) in [7, 11) is 0. The zero-order chi connectivity index (χ0) is 14.3. The Kier molecular flexibility index (Phi) is 6.87. The minimum Gasteiger partial charge on any atom is -0.481 e. The van der Waals surface area contributed by atoms with Crippen LogP contribution in [-0.4, -0.2) is 23.5 Å². The van der Waals surface area contributed by atoms with E-state index in [9.17, 15) is 9.59 Å². The maximum Gasteiger partial charge on any atom is 0.303 e. The molecule has 4 nitrogen and oxygen atoms in total. The van der Waals surface area contributed by atoms with Gasteiger partial charge in [0, 0.05) is 17.4 Å². The number of nitrogens with one attached hydrogen (secondary N) is 1. The Morgan fingerprint density at radius 3 is 2.63 bits per heavy atom. The maximum atomic E-state index is 11.8. The number of carboxylic acid groups (broad SMARTS) is 1. The summed E-state index contributed by atoms with van der Waals surface area (Å²) in [6.45, 7) is 0.519. The van der Waals surface area contributed by atoms with Crippen LogP contribution in [0.15, 0.2) is 22.7 Å². The summed E-state index contributed by atoms with van der Waals surface area (Å²) >= 11 is 9.24. The van der Waals surface area contributed by atoms with Crippen molar-refractivity contribution < 1.29 is 14.7 Å².